The Balaban J connectivity index is 1.99. The Bertz CT molecular complexity index is 499. The third-order valence-corrected chi connectivity index (χ3v) is 3.27. The summed E-state index contributed by atoms with van der Waals surface area (Å²) in [6.07, 6.45) is 2.01. The molecule has 5 nitrogen and oxygen atoms in total. The lowest BCUT2D eigenvalue weighted by Gasteiger charge is -2.16. The predicted octanol–water partition coefficient (Wildman–Crippen LogP) is 2.21. The number of nitrogens with zero attached hydrogens (tertiary/aromatic N) is 1. The van der Waals surface area contributed by atoms with Gasteiger partial charge in [-0.05, 0) is 29.7 Å². The largest absolute Gasteiger partial charge is 0.478 e. The Morgan fingerprint density at radius 3 is 2.74 bits per heavy atom. The van der Waals surface area contributed by atoms with Crippen LogP contribution < -0.4 is 5.32 Å². The molecule has 0 fully saturated rings. The van der Waals surface area contributed by atoms with Crippen LogP contribution >= 0.6 is 0 Å². The van der Waals surface area contributed by atoms with Crippen LogP contribution in [0.15, 0.2) is 18.2 Å². The molecule has 1 aliphatic heterocycles. The maximum atomic E-state index is 11.9. The van der Waals surface area contributed by atoms with E-state index in [2.05, 4.69) is 12.2 Å². The van der Waals surface area contributed by atoms with Crippen molar-refractivity contribution in [2.24, 2.45) is 0 Å². The molecule has 1 aliphatic rings. The van der Waals surface area contributed by atoms with Crippen molar-refractivity contribution < 1.29 is 14.7 Å². The highest BCUT2D eigenvalue weighted by atomic mass is 16.4. The van der Waals surface area contributed by atoms with Gasteiger partial charge in [-0.2, -0.15) is 0 Å². The SMILES string of the molecule is CCCCNC(=O)N1Cc2ccc(C(=O)O)cc2C1. The fourth-order valence-corrected chi connectivity index (χ4v) is 2.16. The second kappa shape index (κ2) is 5.73. The van der Waals surface area contributed by atoms with E-state index in [0.717, 1.165) is 24.0 Å². The van der Waals surface area contributed by atoms with Gasteiger partial charge < -0.3 is 15.3 Å². The minimum atomic E-state index is -0.936. The molecule has 0 spiro atoms. The van der Waals surface area contributed by atoms with Crippen LogP contribution in [0.4, 0.5) is 4.79 Å². The number of benzene rings is 1. The van der Waals surface area contributed by atoms with Crippen LogP contribution in [0.3, 0.4) is 0 Å². The van der Waals surface area contributed by atoms with E-state index in [4.69, 9.17) is 5.11 Å². The number of aromatic carboxylic acids is 1. The van der Waals surface area contributed by atoms with Crippen LogP contribution in [0.25, 0.3) is 0 Å². The zero-order valence-electron chi connectivity index (χ0n) is 11.0. The molecular formula is C14H18N2O3. The standard InChI is InChI=1S/C14H18N2O3/c1-2-3-6-15-14(19)16-8-11-5-4-10(13(17)18)7-12(11)9-16/h4-5,7H,2-3,6,8-9H2,1H3,(H,15,19)(H,17,18). The molecule has 0 atom stereocenters. The number of carboxylic acids is 1. The normalized spacial score (nSPS) is 13.2. The van der Waals surface area contributed by atoms with Crippen molar-refractivity contribution in [3.63, 3.8) is 0 Å². The smallest absolute Gasteiger partial charge is 0.335 e. The van der Waals surface area contributed by atoms with Crippen molar-refractivity contribution in [3.05, 3.63) is 34.9 Å². The van der Waals surface area contributed by atoms with Crippen LogP contribution in [-0.2, 0) is 13.1 Å². The predicted molar refractivity (Wildman–Crippen MR) is 71.0 cm³/mol. The number of carbonyl (C=O) groups is 2. The first-order valence-electron chi connectivity index (χ1n) is 6.49. The third-order valence-electron chi connectivity index (χ3n) is 3.27. The lowest BCUT2D eigenvalue weighted by molar-refractivity contribution is 0.0696. The van der Waals surface area contributed by atoms with E-state index in [1.807, 2.05) is 0 Å². The van der Waals surface area contributed by atoms with E-state index in [1.54, 1.807) is 23.1 Å². The molecule has 2 N–H and O–H groups in total. The topological polar surface area (TPSA) is 69.6 Å². The van der Waals surface area contributed by atoms with E-state index < -0.39 is 5.97 Å². The summed E-state index contributed by atoms with van der Waals surface area (Å²) in [6.45, 7) is 3.79. The quantitative estimate of drug-likeness (QED) is 0.817. The first-order valence-corrected chi connectivity index (χ1v) is 6.49. The number of hydrogen-bond donors (Lipinski definition) is 2. The van der Waals surface area contributed by atoms with Crippen molar-refractivity contribution in [2.45, 2.75) is 32.9 Å². The molecule has 0 radical (unpaired) electrons. The van der Waals surface area contributed by atoms with Gasteiger partial charge in [0.15, 0.2) is 0 Å². The number of urea groups is 1. The van der Waals surface area contributed by atoms with Crippen LogP contribution in [0, 0.1) is 0 Å². The van der Waals surface area contributed by atoms with Crippen molar-refractivity contribution >= 4 is 12.0 Å². The van der Waals surface area contributed by atoms with Crippen LogP contribution in [0.2, 0.25) is 0 Å². The number of amides is 2. The third kappa shape index (κ3) is 3.05. The molecule has 5 heteroatoms. The number of carbonyl (C=O) groups excluding carboxylic acids is 1. The first-order chi connectivity index (χ1) is 9.11. The van der Waals surface area contributed by atoms with Gasteiger partial charge in [0.1, 0.15) is 0 Å². The number of hydrogen-bond acceptors (Lipinski definition) is 2. The average molecular weight is 262 g/mol. The zero-order valence-corrected chi connectivity index (χ0v) is 11.0. The maximum Gasteiger partial charge on any atom is 0.335 e. The lowest BCUT2D eigenvalue weighted by Crippen LogP contribution is -2.36. The summed E-state index contributed by atoms with van der Waals surface area (Å²) >= 11 is 0. The number of nitrogens with one attached hydrogen (secondary N) is 1. The molecule has 102 valence electrons. The van der Waals surface area contributed by atoms with E-state index in [1.165, 1.54) is 0 Å². The summed E-state index contributed by atoms with van der Waals surface area (Å²) in [5.41, 5.74) is 2.22. The summed E-state index contributed by atoms with van der Waals surface area (Å²) in [7, 11) is 0. The van der Waals surface area contributed by atoms with Gasteiger partial charge in [-0.15, -0.1) is 0 Å². The first kappa shape index (κ1) is 13.4. The van der Waals surface area contributed by atoms with E-state index in [0.29, 0.717) is 19.6 Å². The number of fused-ring (bicyclic) bond motifs is 1. The van der Waals surface area contributed by atoms with Crippen molar-refractivity contribution in [1.29, 1.82) is 0 Å². The molecule has 2 amide bonds. The molecule has 0 aromatic heterocycles. The summed E-state index contributed by atoms with van der Waals surface area (Å²) in [6, 6.07) is 4.94. The highest BCUT2D eigenvalue weighted by Gasteiger charge is 2.23. The van der Waals surface area contributed by atoms with Gasteiger partial charge in [-0.25, -0.2) is 9.59 Å². The molecule has 0 unspecified atom stereocenters. The number of carboxylic acid groups (broad SMARTS) is 1. The second-order valence-corrected chi connectivity index (χ2v) is 4.73. The van der Waals surface area contributed by atoms with E-state index in [9.17, 15) is 9.59 Å². The summed E-state index contributed by atoms with van der Waals surface area (Å²) in [4.78, 5) is 24.5. The average Bonchev–Trinajstić information content (AvgIpc) is 2.81. The summed E-state index contributed by atoms with van der Waals surface area (Å²) < 4.78 is 0. The molecule has 1 heterocycles. The number of unbranched alkanes of at least 4 members (excludes halogenated alkanes) is 1. The Kier molecular flexibility index (Phi) is 4.04. The molecule has 0 aliphatic carbocycles. The summed E-state index contributed by atoms with van der Waals surface area (Å²) in [5, 5.41) is 11.8. The van der Waals surface area contributed by atoms with Gasteiger partial charge in [0.25, 0.3) is 0 Å². The molecule has 1 aromatic rings. The van der Waals surface area contributed by atoms with Gasteiger partial charge in [0.05, 0.1) is 5.56 Å². The molecule has 0 saturated heterocycles. The van der Waals surface area contributed by atoms with Gasteiger partial charge in [-0.1, -0.05) is 19.4 Å². The Morgan fingerprint density at radius 2 is 2.05 bits per heavy atom. The molecule has 2 rings (SSSR count). The molecule has 0 saturated carbocycles. The van der Waals surface area contributed by atoms with Crippen LogP contribution in [0.1, 0.15) is 41.3 Å². The Morgan fingerprint density at radius 1 is 1.32 bits per heavy atom. The van der Waals surface area contributed by atoms with Gasteiger partial charge in [0.2, 0.25) is 0 Å². The lowest BCUT2D eigenvalue weighted by atomic mass is 10.1. The van der Waals surface area contributed by atoms with Gasteiger partial charge in [0, 0.05) is 19.6 Å². The zero-order chi connectivity index (χ0) is 13.8. The fraction of sp³-hybridized carbons (Fsp3) is 0.429. The molecule has 1 aromatic carbocycles. The Labute approximate surface area is 112 Å². The van der Waals surface area contributed by atoms with Crippen molar-refractivity contribution in [2.75, 3.05) is 6.54 Å². The number of rotatable bonds is 4. The summed E-state index contributed by atoms with van der Waals surface area (Å²) in [5.74, 6) is -0.936. The minimum absolute atomic E-state index is 0.0819. The highest BCUT2D eigenvalue weighted by molar-refractivity contribution is 5.88. The fourth-order valence-electron chi connectivity index (χ4n) is 2.16. The van der Waals surface area contributed by atoms with E-state index in [-0.39, 0.29) is 11.6 Å². The molecule has 19 heavy (non-hydrogen) atoms. The maximum absolute atomic E-state index is 11.9. The van der Waals surface area contributed by atoms with Crippen molar-refractivity contribution in [3.8, 4) is 0 Å². The van der Waals surface area contributed by atoms with Gasteiger partial charge in [-0.3, -0.25) is 0 Å². The minimum Gasteiger partial charge on any atom is -0.478 e. The van der Waals surface area contributed by atoms with Crippen molar-refractivity contribution in [1.82, 2.24) is 10.2 Å². The Hall–Kier alpha value is -2.04. The molecule has 0 bridgehead atoms. The molecular weight excluding hydrogens is 244 g/mol. The van der Waals surface area contributed by atoms with Crippen LogP contribution in [-0.4, -0.2) is 28.6 Å². The van der Waals surface area contributed by atoms with Crippen LogP contribution in [0.5, 0.6) is 0 Å². The van der Waals surface area contributed by atoms with Gasteiger partial charge >= 0.3 is 12.0 Å². The highest BCUT2D eigenvalue weighted by Crippen LogP contribution is 2.23. The second-order valence-electron chi connectivity index (χ2n) is 4.73. The monoisotopic (exact) mass is 262 g/mol. The van der Waals surface area contributed by atoms with E-state index >= 15 is 0 Å².